The lowest BCUT2D eigenvalue weighted by Gasteiger charge is -2.34. The molecule has 1 aromatic heterocycles. The van der Waals surface area contributed by atoms with Crippen molar-refractivity contribution in [2.75, 3.05) is 31.5 Å². The standard InChI is InChI=1S/C22H24N4O4S/c1-17(27)23-19-6-8-20(9-7-19)31(29,30)26-14-12-24(13-15-26)22(28)16-25-11-10-18-4-2-3-5-21(18)25/h2-11H,12-16H2,1H3,(H,23,27). The number of aromatic nitrogens is 1. The Morgan fingerprint density at radius 3 is 2.29 bits per heavy atom. The maximum absolute atomic E-state index is 12.9. The van der Waals surface area contributed by atoms with Crippen molar-refractivity contribution in [2.45, 2.75) is 18.4 Å². The van der Waals surface area contributed by atoms with Crippen molar-refractivity contribution in [3.63, 3.8) is 0 Å². The van der Waals surface area contributed by atoms with Gasteiger partial charge in [-0.3, -0.25) is 9.59 Å². The van der Waals surface area contributed by atoms with Gasteiger partial charge in [-0.2, -0.15) is 4.31 Å². The van der Waals surface area contributed by atoms with E-state index < -0.39 is 10.0 Å². The van der Waals surface area contributed by atoms with Crippen molar-refractivity contribution >= 4 is 38.4 Å². The minimum Gasteiger partial charge on any atom is -0.339 e. The summed E-state index contributed by atoms with van der Waals surface area (Å²) in [6.07, 6.45) is 1.90. The van der Waals surface area contributed by atoms with Crippen LogP contribution in [0.5, 0.6) is 0 Å². The predicted octanol–water partition coefficient (Wildman–Crippen LogP) is 2.13. The predicted molar refractivity (Wildman–Crippen MR) is 118 cm³/mol. The second-order valence-corrected chi connectivity index (χ2v) is 9.43. The van der Waals surface area contributed by atoms with Crippen LogP contribution < -0.4 is 5.32 Å². The van der Waals surface area contributed by atoms with Crippen LogP contribution in [0.25, 0.3) is 10.9 Å². The maximum atomic E-state index is 12.9. The second kappa shape index (κ2) is 8.52. The Kier molecular flexibility index (Phi) is 5.79. The van der Waals surface area contributed by atoms with Crippen molar-refractivity contribution in [3.05, 3.63) is 60.8 Å². The highest BCUT2D eigenvalue weighted by atomic mass is 32.2. The van der Waals surface area contributed by atoms with Gasteiger partial charge in [0, 0.05) is 50.5 Å². The molecule has 31 heavy (non-hydrogen) atoms. The molecule has 0 radical (unpaired) electrons. The van der Waals surface area contributed by atoms with Gasteiger partial charge in [-0.1, -0.05) is 18.2 Å². The molecular formula is C22H24N4O4S. The monoisotopic (exact) mass is 440 g/mol. The van der Waals surface area contributed by atoms with E-state index in [1.807, 2.05) is 41.1 Å². The van der Waals surface area contributed by atoms with Gasteiger partial charge < -0.3 is 14.8 Å². The highest BCUT2D eigenvalue weighted by Gasteiger charge is 2.30. The van der Waals surface area contributed by atoms with Crippen LogP contribution in [0.15, 0.2) is 65.7 Å². The fraction of sp³-hybridized carbons (Fsp3) is 0.273. The van der Waals surface area contributed by atoms with E-state index in [4.69, 9.17) is 0 Å². The Hall–Kier alpha value is -3.17. The maximum Gasteiger partial charge on any atom is 0.243 e. The molecule has 1 saturated heterocycles. The number of amides is 2. The number of para-hydroxylation sites is 1. The van der Waals surface area contributed by atoms with Crippen molar-refractivity contribution in [1.29, 1.82) is 0 Å². The van der Waals surface area contributed by atoms with Crippen LogP contribution >= 0.6 is 0 Å². The molecule has 0 unspecified atom stereocenters. The van der Waals surface area contributed by atoms with E-state index in [0.29, 0.717) is 18.8 Å². The minimum atomic E-state index is -3.66. The van der Waals surface area contributed by atoms with E-state index in [9.17, 15) is 18.0 Å². The van der Waals surface area contributed by atoms with Crippen molar-refractivity contribution in [2.24, 2.45) is 0 Å². The highest BCUT2D eigenvalue weighted by molar-refractivity contribution is 7.89. The number of nitrogens with zero attached hydrogens (tertiary/aromatic N) is 3. The molecule has 9 heteroatoms. The molecule has 0 saturated carbocycles. The average molecular weight is 441 g/mol. The van der Waals surface area contributed by atoms with E-state index in [1.165, 1.54) is 23.4 Å². The molecule has 1 N–H and O–H groups in total. The summed E-state index contributed by atoms with van der Waals surface area (Å²) in [4.78, 5) is 25.8. The molecule has 3 aromatic rings. The molecular weight excluding hydrogens is 416 g/mol. The largest absolute Gasteiger partial charge is 0.339 e. The molecule has 0 bridgehead atoms. The summed E-state index contributed by atoms with van der Waals surface area (Å²) in [5.41, 5.74) is 1.54. The molecule has 2 heterocycles. The molecule has 162 valence electrons. The van der Waals surface area contributed by atoms with Crippen LogP contribution in [-0.2, 0) is 26.2 Å². The van der Waals surface area contributed by atoms with Gasteiger partial charge in [0.25, 0.3) is 0 Å². The number of fused-ring (bicyclic) bond motifs is 1. The van der Waals surface area contributed by atoms with Gasteiger partial charge in [-0.05, 0) is 41.8 Å². The Bertz CT molecular complexity index is 1210. The molecule has 0 aliphatic carbocycles. The van der Waals surface area contributed by atoms with Crippen LogP contribution in [0.4, 0.5) is 5.69 Å². The summed E-state index contributed by atoms with van der Waals surface area (Å²) in [5, 5.41) is 3.70. The lowest BCUT2D eigenvalue weighted by atomic mass is 10.2. The number of rotatable bonds is 5. The summed E-state index contributed by atoms with van der Waals surface area (Å²) >= 11 is 0. The van der Waals surface area contributed by atoms with Gasteiger partial charge in [0.15, 0.2) is 0 Å². The number of benzene rings is 2. The summed E-state index contributed by atoms with van der Waals surface area (Å²) in [6, 6.07) is 15.9. The van der Waals surface area contributed by atoms with Crippen LogP contribution in [0, 0.1) is 0 Å². The van der Waals surface area contributed by atoms with E-state index in [-0.39, 0.29) is 36.3 Å². The first kappa shape index (κ1) is 21.1. The Balaban J connectivity index is 1.38. The lowest BCUT2D eigenvalue weighted by molar-refractivity contribution is -0.133. The third-order valence-electron chi connectivity index (χ3n) is 5.39. The number of anilines is 1. The molecule has 2 amide bonds. The molecule has 0 atom stereocenters. The first-order valence-electron chi connectivity index (χ1n) is 10.0. The second-order valence-electron chi connectivity index (χ2n) is 7.49. The fourth-order valence-electron chi connectivity index (χ4n) is 3.76. The smallest absolute Gasteiger partial charge is 0.243 e. The topological polar surface area (TPSA) is 91.7 Å². The van der Waals surface area contributed by atoms with Crippen LogP contribution in [0.2, 0.25) is 0 Å². The van der Waals surface area contributed by atoms with E-state index >= 15 is 0 Å². The lowest BCUT2D eigenvalue weighted by Crippen LogP contribution is -2.51. The van der Waals surface area contributed by atoms with Gasteiger partial charge in [-0.15, -0.1) is 0 Å². The zero-order chi connectivity index (χ0) is 22.0. The quantitative estimate of drug-likeness (QED) is 0.658. The van der Waals surface area contributed by atoms with Gasteiger partial charge >= 0.3 is 0 Å². The zero-order valence-corrected chi connectivity index (χ0v) is 18.0. The number of nitrogens with one attached hydrogen (secondary N) is 1. The molecule has 1 fully saturated rings. The first-order chi connectivity index (χ1) is 14.8. The third-order valence-corrected chi connectivity index (χ3v) is 7.30. The molecule has 0 spiro atoms. The Morgan fingerprint density at radius 1 is 0.935 bits per heavy atom. The van der Waals surface area contributed by atoms with Gasteiger partial charge in [0.1, 0.15) is 6.54 Å². The summed E-state index contributed by atoms with van der Waals surface area (Å²) < 4.78 is 29.2. The summed E-state index contributed by atoms with van der Waals surface area (Å²) in [7, 11) is -3.66. The number of hydrogen-bond acceptors (Lipinski definition) is 4. The van der Waals surface area contributed by atoms with Crippen molar-refractivity contribution in [3.8, 4) is 0 Å². The van der Waals surface area contributed by atoms with Crippen molar-refractivity contribution < 1.29 is 18.0 Å². The molecule has 8 nitrogen and oxygen atoms in total. The number of sulfonamides is 1. The fourth-order valence-corrected chi connectivity index (χ4v) is 5.19. The van der Waals surface area contributed by atoms with E-state index in [2.05, 4.69) is 5.32 Å². The van der Waals surface area contributed by atoms with Gasteiger partial charge in [0.05, 0.1) is 4.90 Å². The Morgan fingerprint density at radius 2 is 1.61 bits per heavy atom. The zero-order valence-electron chi connectivity index (χ0n) is 17.2. The SMILES string of the molecule is CC(=O)Nc1ccc(S(=O)(=O)N2CCN(C(=O)Cn3ccc4ccccc43)CC2)cc1. The minimum absolute atomic E-state index is 0.0296. The number of carbonyl (C=O) groups is 2. The van der Waals surface area contributed by atoms with Crippen molar-refractivity contribution in [1.82, 2.24) is 13.8 Å². The molecule has 1 aliphatic rings. The normalized spacial score (nSPS) is 15.2. The highest BCUT2D eigenvalue weighted by Crippen LogP contribution is 2.21. The molecule has 2 aromatic carbocycles. The number of hydrogen-bond donors (Lipinski definition) is 1. The van der Waals surface area contributed by atoms with Crippen LogP contribution in [0.3, 0.4) is 0 Å². The number of carbonyl (C=O) groups excluding carboxylic acids is 2. The molecule has 4 rings (SSSR count). The molecule has 1 aliphatic heterocycles. The first-order valence-corrected chi connectivity index (χ1v) is 11.5. The van der Waals surface area contributed by atoms with Crippen LogP contribution in [-0.4, -0.2) is 60.2 Å². The third kappa shape index (κ3) is 4.47. The van der Waals surface area contributed by atoms with E-state index in [1.54, 1.807) is 17.0 Å². The van der Waals surface area contributed by atoms with Gasteiger partial charge in [-0.25, -0.2) is 8.42 Å². The number of piperazine rings is 1. The summed E-state index contributed by atoms with van der Waals surface area (Å²) in [5.74, 6) is -0.248. The van der Waals surface area contributed by atoms with E-state index in [0.717, 1.165) is 10.9 Å². The average Bonchev–Trinajstić information content (AvgIpc) is 3.17. The Labute approximate surface area is 181 Å². The summed E-state index contributed by atoms with van der Waals surface area (Å²) in [6.45, 7) is 2.81. The van der Waals surface area contributed by atoms with Gasteiger partial charge in [0.2, 0.25) is 21.8 Å². The van der Waals surface area contributed by atoms with Crippen LogP contribution in [0.1, 0.15) is 6.92 Å².